The van der Waals surface area contributed by atoms with E-state index in [1.54, 1.807) is 0 Å². The van der Waals surface area contributed by atoms with Crippen molar-refractivity contribution in [2.45, 2.75) is 97.7 Å². The molecule has 0 saturated heterocycles. The van der Waals surface area contributed by atoms with Gasteiger partial charge in [-0.05, 0) is 42.3 Å². The second-order valence-electron chi connectivity index (χ2n) is 6.03. The Hall–Kier alpha value is 0.394. The average Bonchev–Trinajstić information content (AvgIpc) is 2.40. The van der Waals surface area contributed by atoms with E-state index in [1.807, 2.05) is 0 Å². The molecule has 0 aliphatic rings. The molecule has 0 bridgehead atoms. The minimum Gasteiger partial charge on any atom is -0.343 e. The van der Waals surface area contributed by atoms with Gasteiger partial charge in [-0.1, -0.05) is 55.4 Å². The Morgan fingerprint density at radius 2 is 0.833 bits per heavy atom. The Morgan fingerprint density at radius 1 is 0.611 bits per heavy atom. The monoisotopic (exact) mass is 287 g/mol. The first-order chi connectivity index (χ1) is 8.43. The van der Waals surface area contributed by atoms with Crippen LogP contribution in [0.15, 0.2) is 0 Å². The quantitative estimate of drug-likeness (QED) is 0.491. The standard InChI is InChI=1S/C15H37NSi2/c1-9-17(10-2,11-3)16(15(7)8)18(12-4,13-5)14-6/h15H,9-14H2,1-8H3. The second-order valence-corrected chi connectivity index (χ2v) is 16.6. The molecule has 3 heteroatoms. The van der Waals surface area contributed by atoms with Crippen LogP contribution in [-0.4, -0.2) is 26.7 Å². The summed E-state index contributed by atoms with van der Waals surface area (Å²) in [4.78, 5) is 0. The van der Waals surface area contributed by atoms with E-state index in [2.05, 4.69) is 59.6 Å². The van der Waals surface area contributed by atoms with E-state index in [9.17, 15) is 0 Å². The molecular formula is C15H37NSi2. The van der Waals surface area contributed by atoms with Crippen molar-refractivity contribution in [1.82, 2.24) is 4.23 Å². The first kappa shape index (κ1) is 18.4. The van der Waals surface area contributed by atoms with Gasteiger partial charge in [0.2, 0.25) is 0 Å². The van der Waals surface area contributed by atoms with Crippen LogP contribution >= 0.6 is 0 Å². The lowest BCUT2D eigenvalue weighted by Gasteiger charge is -2.54. The van der Waals surface area contributed by atoms with Crippen molar-refractivity contribution in [3.8, 4) is 0 Å². The zero-order valence-electron chi connectivity index (χ0n) is 14.3. The predicted molar refractivity (Wildman–Crippen MR) is 91.4 cm³/mol. The van der Waals surface area contributed by atoms with Crippen LogP contribution in [0.4, 0.5) is 0 Å². The van der Waals surface area contributed by atoms with Crippen molar-refractivity contribution >= 4 is 16.5 Å². The molecule has 0 amide bonds. The number of hydrogen-bond acceptors (Lipinski definition) is 1. The predicted octanol–water partition coefficient (Wildman–Crippen LogP) is 5.71. The molecule has 0 radical (unpaired) electrons. The van der Waals surface area contributed by atoms with E-state index in [1.165, 1.54) is 36.3 Å². The van der Waals surface area contributed by atoms with Crippen LogP contribution in [0.2, 0.25) is 36.3 Å². The summed E-state index contributed by atoms with van der Waals surface area (Å²) in [7, 11) is -2.43. The summed E-state index contributed by atoms with van der Waals surface area (Å²) in [6.07, 6.45) is 0. The van der Waals surface area contributed by atoms with E-state index in [0.29, 0.717) is 0 Å². The Kier molecular flexibility index (Phi) is 8.03. The highest BCUT2D eigenvalue weighted by Gasteiger charge is 2.46. The molecule has 0 fully saturated rings. The lowest BCUT2D eigenvalue weighted by atomic mass is 10.4. The lowest BCUT2D eigenvalue weighted by Crippen LogP contribution is -2.68. The SMILES string of the molecule is CC[Si](CC)(CC)N(C(C)C)[Si](CC)(CC)CC. The highest BCUT2D eigenvalue weighted by molar-refractivity contribution is 6.92. The molecule has 0 aromatic carbocycles. The van der Waals surface area contributed by atoms with Crippen LogP contribution in [0.3, 0.4) is 0 Å². The fraction of sp³-hybridized carbons (Fsp3) is 1.00. The van der Waals surface area contributed by atoms with E-state index in [0.717, 1.165) is 6.04 Å². The molecule has 0 heterocycles. The van der Waals surface area contributed by atoms with Gasteiger partial charge in [0.25, 0.3) is 0 Å². The fourth-order valence-electron chi connectivity index (χ4n) is 4.12. The minimum atomic E-state index is -1.21. The summed E-state index contributed by atoms with van der Waals surface area (Å²) in [5.41, 5.74) is 0. The summed E-state index contributed by atoms with van der Waals surface area (Å²) in [6.45, 7) is 19.6. The molecule has 0 aromatic rings. The van der Waals surface area contributed by atoms with E-state index >= 15 is 0 Å². The van der Waals surface area contributed by atoms with Crippen molar-refractivity contribution in [2.24, 2.45) is 0 Å². The van der Waals surface area contributed by atoms with Crippen molar-refractivity contribution in [2.75, 3.05) is 0 Å². The largest absolute Gasteiger partial charge is 0.343 e. The summed E-state index contributed by atoms with van der Waals surface area (Å²) in [5, 5.41) is 0. The van der Waals surface area contributed by atoms with Crippen LogP contribution in [-0.2, 0) is 0 Å². The molecule has 110 valence electrons. The van der Waals surface area contributed by atoms with Crippen molar-refractivity contribution in [1.29, 1.82) is 0 Å². The van der Waals surface area contributed by atoms with E-state index < -0.39 is 16.5 Å². The van der Waals surface area contributed by atoms with E-state index in [4.69, 9.17) is 0 Å². The third-order valence-electron chi connectivity index (χ3n) is 5.49. The Bertz CT molecular complexity index is 184. The summed E-state index contributed by atoms with van der Waals surface area (Å²) < 4.78 is 3.15. The van der Waals surface area contributed by atoms with Gasteiger partial charge in [-0.25, -0.2) is 0 Å². The lowest BCUT2D eigenvalue weighted by molar-refractivity contribution is 0.481. The number of rotatable bonds is 9. The van der Waals surface area contributed by atoms with Crippen LogP contribution < -0.4 is 0 Å². The van der Waals surface area contributed by atoms with Gasteiger partial charge in [-0.15, -0.1) is 0 Å². The topological polar surface area (TPSA) is 3.24 Å². The third-order valence-corrected chi connectivity index (χ3v) is 19.3. The summed E-state index contributed by atoms with van der Waals surface area (Å²) in [5.74, 6) is 0. The van der Waals surface area contributed by atoms with Crippen molar-refractivity contribution in [3.05, 3.63) is 0 Å². The first-order valence-electron chi connectivity index (χ1n) is 8.22. The maximum atomic E-state index is 3.15. The van der Waals surface area contributed by atoms with Crippen molar-refractivity contribution < 1.29 is 0 Å². The van der Waals surface area contributed by atoms with Crippen LogP contribution in [0.5, 0.6) is 0 Å². The highest BCUT2D eigenvalue weighted by Crippen LogP contribution is 2.37. The maximum absolute atomic E-state index is 3.15. The van der Waals surface area contributed by atoms with Crippen molar-refractivity contribution in [3.63, 3.8) is 0 Å². The normalized spacial score (nSPS) is 13.7. The third kappa shape index (κ3) is 3.28. The highest BCUT2D eigenvalue weighted by atomic mass is 28.4. The van der Waals surface area contributed by atoms with E-state index in [-0.39, 0.29) is 0 Å². The van der Waals surface area contributed by atoms with Gasteiger partial charge in [0.15, 0.2) is 0 Å². The maximum Gasteiger partial charge on any atom is 0.121 e. The average molecular weight is 288 g/mol. The molecule has 0 atom stereocenters. The Balaban J connectivity index is 5.65. The Morgan fingerprint density at radius 3 is 0.944 bits per heavy atom. The molecule has 0 aliphatic carbocycles. The molecule has 0 aromatic heterocycles. The smallest absolute Gasteiger partial charge is 0.121 e. The van der Waals surface area contributed by atoms with Gasteiger partial charge in [0, 0.05) is 0 Å². The van der Waals surface area contributed by atoms with Gasteiger partial charge in [0.1, 0.15) is 16.5 Å². The van der Waals surface area contributed by atoms with Crippen LogP contribution in [0.25, 0.3) is 0 Å². The molecule has 0 rings (SSSR count). The van der Waals surface area contributed by atoms with Crippen LogP contribution in [0.1, 0.15) is 55.4 Å². The zero-order chi connectivity index (χ0) is 14.4. The summed E-state index contributed by atoms with van der Waals surface area (Å²) in [6, 6.07) is 9.38. The number of nitrogens with zero attached hydrogens (tertiary/aromatic N) is 1. The molecule has 0 saturated carbocycles. The van der Waals surface area contributed by atoms with Gasteiger partial charge in [-0.2, -0.15) is 0 Å². The van der Waals surface area contributed by atoms with Gasteiger partial charge in [-0.3, -0.25) is 0 Å². The summed E-state index contributed by atoms with van der Waals surface area (Å²) >= 11 is 0. The van der Waals surface area contributed by atoms with Crippen LogP contribution in [0, 0.1) is 0 Å². The van der Waals surface area contributed by atoms with Gasteiger partial charge in [0.05, 0.1) is 0 Å². The number of hydrogen-bond donors (Lipinski definition) is 0. The molecule has 0 unspecified atom stereocenters. The molecular weight excluding hydrogens is 250 g/mol. The minimum absolute atomic E-state index is 0.753. The molecule has 0 N–H and O–H groups in total. The molecule has 0 aliphatic heterocycles. The first-order valence-corrected chi connectivity index (χ1v) is 13.4. The second kappa shape index (κ2) is 7.86. The Labute approximate surface area is 119 Å². The van der Waals surface area contributed by atoms with Gasteiger partial charge < -0.3 is 4.23 Å². The zero-order valence-corrected chi connectivity index (χ0v) is 16.3. The molecule has 1 nitrogen and oxygen atoms in total. The fourth-order valence-corrected chi connectivity index (χ4v) is 18.2. The molecule has 0 spiro atoms. The molecule has 18 heavy (non-hydrogen) atoms. The van der Waals surface area contributed by atoms with Gasteiger partial charge >= 0.3 is 0 Å².